The molecule has 0 bridgehead atoms. The standard InChI is InChI=1S/C60H99O11P/c1-4-7-10-13-16-19-22-25-26-27-28-29-30-33-36-39-42-45-48-51-60(64)71-57(53-67-58(62)49-46-43-40-37-34-31-23-20-17-14-11-8-5-2)55-69-72(65,66)68-54-56(52-61)70-59(63)50-47-44-41-38-35-32-24-21-18-15-12-9-6-3/h7-8,10-11,16-17,19-21,24-26,28-29,31,34,40,43,56-57,61H,4-6,9,12-15,18,22-23,27,30,32-33,35-39,41-42,44-55H2,1-3H3,(H,65,66)/b10-7-,11-8-,19-16-,20-17-,24-21-,26-25-,29-28-,34-31-,43-40-. The quantitative estimate of drug-likeness (QED) is 0.0197. The minimum absolute atomic E-state index is 0.0965. The molecule has 0 aliphatic heterocycles. The normalized spacial score (nSPS) is 14.2. The van der Waals surface area contributed by atoms with Crippen LogP contribution in [0.3, 0.4) is 0 Å². The van der Waals surface area contributed by atoms with Gasteiger partial charge in [0.2, 0.25) is 0 Å². The van der Waals surface area contributed by atoms with E-state index in [1.54, 1.807) is 0 Å². The number of carbonyl (C=O) groups is 3. The van der Waals surface area contributed by atoms with E-state index in [1.807, 2.05) is 12.2 Å². The number of aliphatic hydroxyl groups is 1. The Morgan fingerprint density at radius 1 is 0.403 bits per heavy atom. The number of rotatable bonds is 50. The molecule has 0 spiro atoms. The summed E-state index contributed by atoms with van der Waals surface area (Å²) in [7, 11) is -4.77. The number of phosphoric ester groups is 1. The molecule has 11 nitrogen and oxygen atoms in total. The van der Waals surface area contributed by atoms with Crippen molar-refractivity contribution >= 4 is 25.7 Å². The van der Waals surface area contributed by atoms with Crippen LogP contribution in [0.1, 0.15) is 213 Å². The first-order valence-electron chi connectivity index (χ1n) is 27.8. The molecule has 0 aliphatic rings. The molecule has 0 aliphatic carbocycles. The summed E-state index contributed by atoms with van der Waals surface area (Å²) in [5.74, 6) is -1.60. The largest absolute Gasteiger partial charge is 0.472 e. The molecule has 0 rings (SSSR count). The maximum absolute atomic E-state index is 12.9. The van der Waals surface area contributed by atoms with Gasteiger partial charge in [-0.25, -0.2) is 4.57 Å². The van der Waals surface area contributed by atoms with Crippen LogP contribution in [0.5, 0.6) is 0 Å². The number of ether oxygens (including phenoxy) is 3. The van der Waals surface area contributed by atoms with Crippen LogP contribution >= 0.6 is 7.82 Å². The van der Waals surface area contributed by atoms with Gasteiger partial charge in [0, 0.05) is 19.3 Å². The minimum Gasteiger partial charge on any atom is -0.462 e. The number of allylic oxidation sites excluding steroid dienone is 18. The second-order valence-electron chi connectivity index (χ2n) is 18.0. The van der Waals surface area contributed by atoms with Gasteiger partial charge in [0.05, 0.1) is 19.8 Å². The molecule has 0 amide bonds. The minimum atomic E-state index is -4.77. The van der Waals surface area contributed by atoms with E-state index in [9.17, 15) is 28.9 Å². The van der Waals surface area contributed by atoms with Crippen molar-refractivity contribution in [3.63, 3.8) is 0 Å². The smallest absolute Gasteiger partial charge is 0.462 e. The molecule has 0 fully saturated rings. The fourth-order valence-corrected chi connectivity index (χ4v) is 7.79. The lowest BCUT2D eigenvalue weighted by molar-refractivity contribution is -0.161. The molecule has 0 saturated heterocycles. The fraction of sp³-hybridized carbons (Fsp3) is 0.650. The van der Waals surface area contributed by atoms with Crippen molar-refractivity contribution < 1.29 is 52.2 Å². The fourth-order valence-electron chi connectivity index (χ4n) is 7.00. The summed E-state index contributed by atoms with van der Waals surface area (Å²) in [5, 5.41) is 9.79. The molecule has 0 aromatic rings. The Labute approximate surface area is 437 Å². The summed E-state index contributed by atoms with van der Waals surface area (Å²) in [4.78, 5) is 48.4. The lowest BCUT2D eigenvalue weighted by Gasteiger charge is -2.21. The first-order valence-corrected chi connectivity index (χ1v) is 29.3. The highest BCUT2D eigenvalue weighted by Gasteiger charge is 2.28. The molecule has 0 heterocycles. The number of esters is 3. The Bertz CT molecular complexity index is 1620. The second-order valence-corrected chi connectivity index (χ2v) is 19.4. The van der Waals surface area contributed by atoms with Gasteiger partial charge in [0.15, 0.2) is 6.10 Å². The zero-order chi connectivity index (χ0) is 52.7. The van der Waals surface area contributed by atoms with Crippen LogP contribution in [0.2, 0.25) is 0 Å². The number of hydrogen-bond acceptors (Lipinski definition) is 10. The van der Waals surface area contributed by atoms with Gasteiger partial charge in [-0.05, 0) is 109 Å². The van der Waals surface area contributed by atoms with Crippen LogP contribution in [0.15, 0.2) is 109 Å². The van der Waals surface area contributed by atoms with Gasteiger partial charge in [-0.3, -0.25) is 23.4 Å². The lowest BCUT2D eigenvalue weighted by atomic mass is 10.1. The molecule has 0 aromatic carbocycles. The summed E-state index contributed by atoms with van der Waals surface area (Å²) in [5.41, 5.74) is 0. The van der Waals surface area contributed by atoms with Gasteiger partial charge in [-0.15, -0.1) is 0 Å². The Morgan fingerprint density at radius 3 is 1.18 bits per heavy atom. The highest BCUT2D eigenvalue weighted by atomic mass is 31.2. The van der Waals surface area contributed by atoms with E-state index >= 15 is 0 Å². The van der Waals surface area contributed by atoms with Crippen molar-refractivity contribution in [1.29, 1.82) is 0 Å². The van der Waals surface area contributed by atoms with Gasteiger partial charge in [-0.2, -0.15) is 0 Å². The molecule has 12 heteroatoms. The van der Waals surface area contributed by atoms with Crippen molar-refractivity contribution in [2.24, 2.45) is 0 Å². The number of unbranched alkanes of at least 4 members (excludes halogenated alkanes) is 15. The van der Waals surface area contributed by atoms with E-state index in [1.165, 1.54) is 25.7 Å². The lowest BCUT2D eigenvalue weighted by Crippen LogP contribution is -2.30. The van der Waals surface area contributed by atoms with E-state index in [2.05, 4.69) is 118 Å². The molecule has 410 valence electrons. The number of carbonyl (C=O) groups excluding carboxylic acids is 3. The van der Waals surface area contributed by atoms with Crippen LogP contribution in [0.4, 0.5) is 0 Å². The first kappa shape index (κ1) is 68.1. The SMILES string of the molecule is CC/C=C\C/C=C\C/C=C\C/C=C\CCCCCCCCC(=O)OC(COC(=O)CC/C=C\C/C=C\C/C=C\C/C=C\CC)COP(=O)(O)OCC(CO)OC(=O)CCCCCCC/C=C\CCCCCC. The number of aliphatic hydroxyl groups excluding tert-OH is 1. The van der Waals surface area contributed by atoms with Crippen molar-refractivity contribution in [3.8, 4) is 0 Å². The van der Waals surface area contributed by atoms with Gasteiger partial charge in [0.25, 0.3) is 0 Å². The van der Waals surface area contributed by atoms with Gasteiger partial charge in [-0.1, -0.05) is 194 Å². The van der Waals surface area contributed by atoms with E-state index in [4.69, 9.17) is 23.3 Å². The van der Waals surface area contributed by atoms with Crippen molar-refractivity contribution in [1.82, 2.24) is 0 Å². The molecule has 0 radical (unpaired) electrons. The monoisotopic (exact) mass is 1030 g/mol. The van der Waals surface area contributed by atoms with Crippen molar-refractivity contribution in [2.45, 2.75) is 226 Å². The molecule has 3 atom stereocenters. The van der Waals surface area contributed by atoms with Crippen molar-refractivity contribution in [2.75, 3.05) is 26.4 Å². The van der Waals surface area contributed by atoms with E-state index < -0.39 is 57.8 Å². The zero-order valence-corrected chi connectivity index (χ0v) is 46.0. The molecule has 3 unspecified atom stereocenters. The third kappa shape index (κ3) is 51.1. The Kier molecular flexibility index (Phi) is 50.6. The molecule has 0 saturated carbocycles. The second kappa shape index (κ2) is 53.4. The van der Waals surface area contributed by atoms with Crippen LogP contribution in [-0.4, -0.2) is 66.5 Å². The Balaban J connectivity index is 4.84. The maximum atomic E-state index is 12.9. The third-order valence-corrected chi connectivity index (χ3v) is 12.1. The van der Waals surface area contributed by atoms with Gasteiger partial charge in [0.1, 0.15) is 12.7 Å². The van der Waals surface area contributed by atoms with Gasteiger partial charge < -0.3 is 24.2 Å². The highest BCUT2D eigenvalue weighted by Crippen LogP contribution is 2.43. The molecular weight excluding hydrogens is 928 g/mol. The van der Waals surface area contributed by atoms with Crippen LogP contribution < -0.4 is 0 Å². The topological polar surface area (TPSA) is 155 Å². The average Bonchev–Trinajstić information content (AvgIpc) is 3.37. The zero-order valence-electron chi connectivity index (χ0n) is 45.1. The van der Waals surface area contributed by atoms with Crippen LogP contribution in [0.25, 0.3) is 0 Å². The average molecular weight is 1030 g/mol. The maximum Gasteiger partial charge on any atom is 0.472 e. The predicted molar refractivity (Wildman–Crippen MR) is 297 cm³/mol. The summed E-state index contributed by atoms with van der Waals surface area (Å²) >= 11 is 0. The van der Waals surface area contributed by atoms with Crippen LogP contribution in [0, 0.1) is 0 Å². The van der Waals surface area contributed by atoms with E-state index in [0.717, 1.165) is 128 Å². The molecular formula is C60H99O11P. The van der Waals surface area contributed by atoms with Gasteiger partial charge >= 0.3 is 25.7 Å². The number of phosphoric acid groups is 1. The molecule has 72 heavy (non-hydrogen) atoms. The third-order valence-electron chi connectivity index (χ3n) is 11.2. The predicted octanol–water partition coefficient (Wildman–Crippen LogP) is 16.2. The Morgan fingerprint density at radius 2 is 0.750 bits per heavy atom. The first-order chi connectivity index (χ1) is 35.2. The summed E-state index contributed by atoms with van der Waals surface area (Å²) < 4.78 is 39.3. The Hall–Kier alpha value is -3.86. The van der Waals surface area contributed by atoms with E-state index in [0.29, 0.717) is 19.3 Å². The van der Waals surface area contributed by atoms with E-state index in [-0.39, 0.29) is 25.9 Å². The van der Waals surface area contributed by atoms with Crippen molar-refractivity contribution in [3.05, 3.63) is 109 Å². The summed E-state index contributed by atoms with van der Waals surface area (Å²) in [6.45, 7) is 4.27. The highest BCUT2D eigenvalue weighted by molar-refractivity contribution is 7.47. The summed E-state index contributed by atoms with van der Waals surface area (Å²) in [6.07, 6.45) is 63.5. The summed E-state index contributed by atoms with van der Waals surface area (Å²) in [6, 6.07) is 0. The number of hydrogen-bond donors (Lipinski definition) is 2. The molecule has 2 N–H and O–H groups in total. The molecule has 0 aromatic heterocycles. The van der Waals surface area contributed by atoms with Crippen LogP contribution in [-0.2, 0) is 42.2 Å².